The molecule has 3 N–H and O–H groups in total. The molecule has 0 aromatic heterocycles. The van der Waals surface area contributed by atoms with Crippen LogP contribution >= 0.6 is 15.9 Å². The van der Waals surface area contributed by atoms with Crippen LogP contribution in [0.2, 0.25) is 0 Å². The Labute approximate surface area is 90.8 Å². The lowest BCUT2D eigenvalue weighted by Gasteiger charge is -2.33. The van der Waals surface area contributed by atoms with E-state index in [9.17, 15) is 4.39 Å². The molecule has 0 saturated heterocycles. The predicted molar refractivity (Wildman–Crippen MR) is 58.7 cm³/mol. The summed E-state index contributed by atoms with van der Waals surface area (Å²) in [4.78, 5) is 0. The van der Waals surface area contributed by atoms with Crippen molar-refractivity contribution in [3.8, 4) is 0 Å². The molecule has 1 fully saturated rings. The van der Waals surface area contributed by atoms with Crippen molar-refractivity contribution in [2.75, 3.05) is 5.32 Å². The summed E-state index contributed by atoms with van der Waals surface area (Å²) < 4.78 is 14.0. The number of anilines is 1. The van der Waals surface area contributed by atoms with Gasteiger partial charge in [0, 0.05) is 12.1 Å². The van der Waals surface area contributed by atoms with Crippen LogP contribution in [0.15, 0.2) is 22.7 Å². The molecular formula is C10H12BrFN2. The highest BCUT2D eigenvalue weighted by Gasteiger charge is 2.26. The number of hydrogen-bond donors (Lipinski definition) is 2. The van der Waals surface area contributed by atoms with E-state index >= 15 is 0 Å². The van der Waals surface area contributed by atoms with Crippen molar-refractivity contribution in [3.63, 3.8) is 0 Å². The van der Waals surface area contributed by atoms with Crippen molar-refractivity contribution >= 4 is 21.6 Å². The molecule has 1 aliphatic carbocycles. The highest BCUT2D eigenvalue weighted by molar-refractivity contribution is 9.10. The second-order valence-corrected chi connectivity index (χ2v) is 4.53. The summed E-state index contributed by atoms with van der Waals surface area (Å²) in [5.74, 6) is -0.229. The molecule has 1 saturated carbocycles. The van der Waals surface area contributed by atoms with Gasteiger partial charge in [-0.3, -0.25) is 0 Å². The van der Waals surface area contributed by atoms with Crippen LogP contribution in [0.1, 0.15) is 12.8 Å². The lowest BCUT2D eigenvalue weighted by molar-refractivity contribution is 0.372. The molecule has 0 spiro atoms. The Morgan fingerprint density at radius 2 is 2.14 bits per heavy atom. The molecule has 76 valence electrons. The first-order valence-corrected chi connectivity index (χ1v) is 5.42. The maximum absolute atomic E-state index is 13.5. The molecule has 4 heteroatoms. The van der Waals surface area contributed by atoms with Crippen LogP contribution < -0.4 is 11.1 Å². The van der Waals surface area contributed by atoms with Crippen LogP contribution in [0.4, 0.5) is 10.1 Å². The average Bonchev–Trinajstić information content (AvgIpc) is 2.10. The van der Waals surface area contributed by atoms with Gasteiger partial charge in [0.05, 0.1) is 10.2 Å². The molecule has 14 heavy (non-hydrogen) atoms. The van der Waals surface area contributed by atoms with Gasteiger partial charge in [0.25, 0.3) is 0 Å². The second kappa shape index (κ2) is 3.87. The first-order valence-electron chi connectivity index (χ1n) is 4.63. The van der Waals surface area contributed by atoms with Crippen molar-refractivity contribution in [2.45, 2.75) is 24.9 Å². The van der Waals surface area contributed by atoms with Gasteiger partial charge in [-0.25, -0.2) is 4.39 Å². The van der Waals surface area contributed by atoms with E-state index in [2.05, 4.69) is 21.2 Å². The van der Waals surface area contributed by atoms with Crippen molar-refractivity contribution in [2.24, 2.45) is 5.73 Å². The Balaban J connectivity index is 2.06. The highest BCUT2D eigenvalue weighted by atomic mass is 79.9. The lowest BCUT2D eigenvalue weighted by atomic mass is 9.87. The number of halogens is 2. The van der Waals surface area contributed by atoms with Gasteiger partial charge in [0.2, 0.25) is 0 Å². The Morgan fingerprint density at radius 1 is 1.43 bits per heavy atom. The number of hydrogen-bond acceptors (Lipinski definition) is 2. The summed E-state index contributed by atoms with van der Waals surface area (Å²) in [7, 11) is 0. The summed E-state index contributed by atoms with van der Waals surface area (Å²) in [6, 6.07) is 5.85. The van der Waals surface area contributed by atoms with E-state index in [4.69, 9.17) is 5.73 Å². The molecular weight excluding hydrogens is 247 g/mol. The van der Waals surface area contributed by atoms with Gasteiger partial charge in [-0.15, -0.1) is 0 Å². The number of nitrogens with one attached hydrogen (secondary N) is 1. The molecule has 0 aliphatic heterocycles. The molecule has 1 aromatic carbocycles. The van der Waals surface area contributed by atoms with Gasteiger partial charge in [-0.05, 0) is 40.9 Å². The van der Waals surface area contributed by atoms with Gasteiger partial charge in [0.1, 0.15) is 0 Å². The Morgan fingerprint density at radius 3 is 2.79 bits per heavy atom. The summed E-state index contributed by atoms with van der Waals surface area (Å²) in [5.41, 5.74) is 6.20. The van der Waals surface area contributed by atoms with Crippen LogP contribution in [0.3, 0.4) is 0 Å². The molecule has 1 aromatic rings. The standard InChI is InChI=1S/C10H12BrFN2/c11-8-2-1-3-9(10(8)12)14-7-4-6(13)5-7/h1-3,6-7,14H,4-5,13H2. The minimum Gasteiger partial charge on any atom is -0.380 e. The summed E-state index contributed by atoms with van der Waals surface area (Å²) in [6.07, 6.45) is 1.85. The van der Waals surface area contributed by atoms with E-state index in [-0.39, 0.29) is 11.9 Å². The van der Waals surface area contributed by atoms with E-state index < -0.39 is 0 Å². The summed E-state index contributed by atoms with van der Waals surface area (Å²) >= 11 is 3.15. The zero-order chi connectivity index (χ0) is 10.1. The Kier molecular flexibility index (Phi) is 2.74. The smallest absolute Gasteiger partial charge is 0.160 e. The fourth-order valence-corrected chi connectivity index (χ4v) is 1.98. The van der Waals surface area contributed by atoms with Crippen LogP contribution in [0.5, 0.6) is 0 Å². The zero-order valence-electron chi connectivity index (χ0n) is 7.63. The molecule has 0 atom stereocenters. The fraction of sp³-hybridized carbons (Fsp3) is 0.400. The van der Waals surface area contributed by atoms with Crippen molar-refractivity contribution in [1.82, 2.24) is 0 Å². The van der Waals surface area contributed by atoms with Crippen molar-refractivity contribution < 1.29 is 4.39 Å². The van der Waals surface area contributed by atoms with Gasteiger partial charge in [-0.2, -0.15) is 0 Å². The van der Waals surface area contributed by atoms with Gasteiger partial charge < -0.3 is 11.1 Å². The van der Waals surface area contributed by atoms with Crippen molar-refractivity contribution in [3.05, 3.63) is 28.5 Å². The van der Waals surface area contributed by atoms with E-state index in [0.29, 0.717) is 16.2 Å². The van der Waals surface area contributed by atoms with Crippen LogP contribution in [-0.2, 0) is 0 Å². The van der Waals surface area contributed by atoms with Gasteiger partial charge in [-0.1, -0.05) is 6.07 Å². The quantitative estimate of drug-likeness (QED) is 0.856. The topological polar surface area (TPSA) is 38.0 Å². The minimum atomic E-state index is -0.229. The third-order valence-electron chi connectivity index (χ3n) is 2.49. The molecule has 0 heterocycles. The average molecular weight is 259 g/mol. The van der Waals surface area contributed by atoms with E-state index in [0.717, 1.165) is 12.8 Å². The number of nitrogens with two attached hydrogens (primary N) is 1. The highest BCUT2D eigenvalue weighted by Crippen LogP contribution is 2.27. The first-order chi connectivity index (χ1) is 6.66. The van der Waals surface area contributed by atoms with Gasteiger partial charge in [0.15, 0.2) is 5.82 Å². The third kappa shape index (κ3) is 1.91. The monoisotopic (exact) mass is 258 g/mol. The number of benzene rings is 1. The van der Waals surface area contributed by atoms with Gasteiger partial charge >= 0.3 is 0 Å². The summed E-state index contributed by atoms with van der Waals surface area (Å²) in [5, 5.41) is 3.13. The Hall–Kier alpha value is -0.610. The molecule has 0 bridgehead atoms. The third-order valence-corrected chi connectivity index (χ3v) is 3.10. The fourth-order valence-electron chi connectivity index (χ4n) is 1.61. The zero-order valence-corrected chi connectivity index (χ0v) is 9.22. The van der Waals surface area contributed by atoms with Crippen LogP contribution in [0, 0.1) is 5.82 Å². The first kappa shape index (κ1) is 9.93. The maximum Gasteiger partial charge on any atom is 0.160 e. The summed E-state index contributed by atoms with van der Waals surface area (Å²) in [6.45, 7) is 0. The minimum absolute atomic E-state index is 0.229. The van der Waals surface area contributed by atoms with E-state index in [1.54, 1.807) is 12.1 Å². The molecule has 0 unspecified atom stereocenters. The normalized spacial score (nSPS) is 25.6. The molecule has 0 radical (unpaired) electrons. The van der Waals surface area contributed by atoms with E-state index in [1.807, 2.05) is 6.07 Å². The lowest BCUT2D eigenvalue weighted by Crippen LogP contribution is -2.44. The van der Waals surface area contributed by atoms with Crippen molar-refractivity contribution in [1.29, 1.82) is 0 Å². The van der Waals surface area contributed by atoms with E-state index in [1.165, 1.54) is 0 Å². The largest absolute Gasteiger partial charge is 0.380 e. The SMILES string of the molecule is NC1CC(Nc2cccc(Br)c2F)C1. The van der Waals surface area contributed by atoms with Crippen LogP contribution in [0.25, 0.3) is 0 Å². The second-order valence-electron chi connectivity index (χ2n) is 3.67. The Bertz CT molecular complexity index is 337. The molecule has 2 rings (SSSR count). The van der Waals surface area contributed by atoms with Crippen LogP contribution in [-0.4, -0.2) is 12.1 Å². The molecule has 2 nitrogen and oxygen atoms in total. The molecule has 0 amide bonds. The maximum atomic E-state index is 13.5. The molecule has 1 aliphatic rings. The number of rotatable bonds is 2. The predicted octanol–water partition coefficient (Wildman–Crippen LogP) is 2.49.